The minimum absolute atomic E-state index is 0. The van der Waals surface area contributed by atoms with E-state index in [9.17, 15) is 0 Å². The first-order chi connectivity index (χ1) is 8.81. The summed E-state index contributed by atoms with van der Waals surface area (Å²) in [6, 6.07) is 7.58. The van der Waals surface area contributed by atoms with Crippen LogP contribution in [0.25, 0.3) is 0 Å². The summed E-state index contributed by atoms with van der Waals surface area (Å²) in [5.74, 6) is 0.125. The third-order valence-corrected chi connectivity index (χ3v) is 2.41. The van der Waals surface area contributed by atoms with Crippen LogP contribution < -0.4 is 0 Å². The third-order valence-electron chi connectivity index (χ3n) is 2.41. The number of ether oxygens (including phenoxy) is 1. The van der Waals surface area contributed by atoms with E-state index in [4.69, 9.17) is 15.3 Å². The zero-order valence-electron chi connectivity index (χ0n) is 9.90. The van der Waals surface area contributed by atoms with E-state index in [0.717, 1.165) is 6.42 Å². The smallest absolute Gasteiger partial charge is 0.0924 e. The van der Waals surface area contributed by atoms with E-state index in [1.165, 1.54) is 6.08 Å². The second-order valence-corrected chi connectivity index (χ2v) is 3.62. The Morgan fingerprint density at radius 1 is 1.10 bits per heavy atom. The van der Waals surface area contributed by atoms with Crippen molar-refractivity contribution in [1.82, 2.24) is 0 Å². The second-order valence-electron chi connectivity index (χ2n) is 3.62. The summed E-state index contributed by atoms with van der Waals surface area (Å²) in [6.07, 6.45) is 9.72. The van der Waals surface area contributed by atoms with Crippen LogP contribution in [-0.4, -0.2) is 12.2 Å². The van der Waals surface area contributed by atoms with Gasteiger partial charge in [-0.1, -0.05) is 41.0 Å². The highest BCUT2D eigenvalue weighted by Gasteiger charge is 2.36. The zero-order valence-corrected chi connectivity index (χ0v) is 9.90. The molecule has 1 saturated heterocycles. The lowest BCUT2D eigenvalue weighted by atomic mass is 9.96. The molecular weight excluding hydrogens is 264 g/mol. The Bertz CT molecular complexity index is 435. The van der Waals surface area contributed by atoms with Gasteiger partial charge in [0.2, 0.25) is 0 Å². The Kier molecular flexibility index (Phi) is 16.0. The van der Waals surface area contributed by atoms with Gasteiger partial charge in [0, 0.05) is 6.08 Å². The van der Waals surface area contributed by atoms with Gasteiger partial charge in [-0.05, 0) is 18.6 Å². The van der Waals surface area contributed by atoms with Crippen molar-refractivity contribution in [3.63, 3.8) is 0 Å². The molecule has 0 aliphatic carbocycles. The summed E-state index contributed by atoms with van der Waals surface area (Å²) in [5, 5.41) is 16.0. The maximum Gasteiger partial charge on any atom is 0.0924 e. The molecule has 3 unspecified atom stereocenters. The molecule has 1 aromatic rings. The van der Waals surface area contributed by atoms with E-state index in [0.29, 0.717) is 0 Å². The Morgan fingerprint density at radius 3 is 1.86 bits per heavy atom. The van der Waals surface area contributed by atoms with Gasteiger partial charge >= 0.3 is 0 Å². The molecule has 116 valence electrons. The van der Waals surface area contributed by atoms with Crippen LogP contribution in [0.5, 0.6) is 0 Å². The summed E-state index contributed by atoms with van der Waals surface area (Å²) < 4.78 is 9.93. The van der Waals surface area contributed by atoms with E-state index < -0.39 is 0 Å². The number of nitriles is 2. The molecule has 1 fully saturated rings. The molecule has 0 radical (unpaired) electrons. The van der Waals surface area contributed by atoms with Gasteiger partial charge < -0.3 is 9.15 Å². The van der Waals surface area contributed by atoms with Crippen molar-refractivity contribution in [2.24, 2.45) is 5.92 Å². The number of fused-ring (bicyclic) bond motifs is 2. The van der Waals surface area contributed by atoms with Crippen LogP contribution >= 0.6 is 0 Å². The molecule has 2 aliphatic rings. The molecule has 0 spiro atoms. The van der Waals surface area contributed by atoms with E-state index >= 15 is 0 Å². The fourth-order valence-corrected chi connectivity index (χ4v) is 1.63. The van der Waals surface area contributed by atoms with Crippen LogP contribution in [0.15, 0.2) is 53.9 Å². The first-order valence-corrected chi connectivity index (χ1v) is 5.53. The summed E-state index contributed by atoms with van der Waals surface area (Å²) in [5.41, 5.74) is 0. The van der Waals surface area contributed by atoms with Gasteiger partial charge in [-0.3, -0.25) is 0 Å². The van der Waals surface area contributed by atoms with Crippen LogP contribution in [0.4, 0.5) is 0 Å². The molecule has 3 rings (SSSR count). The summed E-state index contributed by atoms with van der Waals surface area (Å²) in [6.45, 7) is 3.12. The molecule has 2 bridgehead atoms. The maximum absolute atomic E-state index is 8.52. The second kappa shape index (κ2) is 14.1. The Labute approximate surface area is 129 Å². The fourth-order valence-electron chi connectivity index (χ4n) is 1.63. The molecule has 0 aromatic carbocycles. The highest BCUT2D eigenvalue weighted by atomic mass is 16.5. The predicted molar refractivity (Wildman–Crippen MR) is 86.2 cm³/mol. The van der Waals surface area contributed by atoms with Crippen molar-refractivity contribution in [2.75, 3.05) is 0 Å². The molecular formula is C17H26N2O2. The lowest BCUT2D eigenvalue weighted by molar-refractivity contribution is 0.114. The van der Waals surface area contributed by atoms with Crippen molar-refractivity contribution in [3.8, 4) is 12.1 Å². The van der Waals surface area contributed by atoms with Crippen LogP contribution in [0.1, 0.15) is 28.7 Å². The molecule has 2 aliphatic heterocycles. The van der Waals surface area contributed by atoms with E-state index in [2.05, 4.69) is 17.1 Å². The van der Waals surface area contributed by atoms with E-state index in [-0.39, 0.29) is 40.4 Å². The van der Waals surface area contributed by atoms with Gasteiger partial charge in [-0.2, -0.15) is 10.5 Å². The van der Waals surface area contributed by atoms with Gasteiger partial charge in [0.05, 0.1) is 42.8 Å². The molecule has 3 atom stereocenters. The Balaban J connectivity index is -0.000000238. The first-order valence-electron chi connectivity index (χ1n) is 5.53. The molecule has 0 saturated carbocycles. The van der Waals surface area contributed by atoms with Gasteiger partial charge in [0.1, 0.15) is 0 Å². The Hall–Kier alpha value is -2.30. The summed E-state index contributed by atoms with van der Waals surface area (Å²) in [4.78, 5) is 0. The standard InChI is InChI=1S/C7H7NO.C4H4O.C3H3N.3CH4/c8-4-5-3-6-1-2-7(5)9-6;1-2-4-5-3-1;1-2-3-4;;;/h1-2,5-7H,3H2;1-4H;2H,1H2;3*1H4. The minimum Gasteiger partial charge on any atom is -0.473 e. The van der Waals surface area contributed by atoms with Gasteiger partial charge in [-0.25, -0.2) is 0 Å². The highest BCUT2D eigenvalue weighted by molar-refractivity contribution is 5.15. The zero-order chi connectivity index (χ0) is 13.2. The van der Waals surface area contributed by atoms with Gasteiger partial charge in [-0.15, -0.1) is 0 Å². The van der Waals surface area contributed by atoms with Crippen molar-refractivity contribution in [2.45, 2.75) is 40.9 Å². The molecule has 21 heavy (non-hydrogen) atoms. The average molecular weight is 290 g/mol. The molecule has 1 aromatic heterocycles. The minimum atomic E-state index is 0. The lowest BCUT2D eigenvalue weighted by Gasteiger charge is -2.03. The molecule has 4 nitrogen and oxygen atoms in total. The average Bonchev–Trinajstić information content (AvgIpc) is 3.16. The molecule has 3 heterocycles. The summed E-state index contributed by atoms with van der Waals surface area (Å²) in [7, 11) is 0. The van der Waals surface area contributed by atoms with Crippen LogP contribution in [0, 0.1) is 28.6 Å². The number of nitrogens with zero attached hydrogens (tertiary/aromatic N) is 2. The van der Waals surface area contributed by atoms with Gasteiger partial charge in [0.15, 0.2) is 0 Å². The largest absolute Gasteiger partial charge is 0.473 e. The van der Waals surface area contributed by atoms with Crippen molar-refractivity contribution >= 4 is 0 Å². The van der Waals surface area contributed by atoms with Crippen LogP contribution in [0.2, 0.25) is 0 Å². The number of furan rings is 1. The molecule has 4 heteroatoms. The lowest BCUT2D eigenvalue weighted by Crippen LogP contribution is -2.09. The third kappa shape index (κ3) is 8.47. The van der Waals surface area contributed by atoms with E-state index in [1.807, 2.05) is 24.3 Å². The quantitative estimate of drug-likeness (QED) is 0.511. The predicted octanol–water partition coefficient (Wildman–Crippen LogP) is 4.74. The number of rotatable bonds is 0. The molecule has 0 amide bonds. The fraction of sp³-hybridized carbons (Fsp3) is 0.412. The topological polar surface area (TPSA) is 70.0 Å². The first kappa shape index (κ1) is 23.8. The van der Waals surface area contributed by atoms with Crippen molar-refractivity contribution in [1.29, 1.82) is 10.5 Å². The van der Waals surface area contributed by atoms with Crippen LogP contribution in [-0.2, 0) is 4.74 Å². The van der Waals surface area contributed by atoms with Crippen molar-refractivity contribution < 1.29 is 9.15 Å². The highest BCUT2D eigenvalue weighted by Crippen LogP contribution is 2.32. The number of allylic oxidation sites excluding steroid dienone is 1. The van der Waals surface area contributed by atoms with Crippen molar-refractivity contribution in [3.05, 3.63) is 49.5 Å². The Morgan fingerprint density at radius 2 is 1.67 bits per heavy atom. The number of hydrogen-bond donors (Lipinski definition) is 0. The van der Waals surface area contributed by atoms with Gasteiger partial charge in [0.25, 0.3) is 0 Å². The monoisotopic (exact) mass is 290 g/mol. The number of hydrogen-bond acceptors (Lipinski definition) is 4. The van der Waals surface area contributed by atoms with E-state index in [1.54, 1.807) is 18.6 Å². The summed E-state index contributed by atoms with van der Waals surface area (Å²) >= 11 is 0. The maximum atomic E-state index is 8.52. The molecule has 0 N–H and O–H groups in total. The normalized spacial score (nSPS) is 22.1. The van der Waals surface area contributed by atoms with Crippen LogP contribution in [0.3, 0.4) is 0 Å². The SMILES string of the molecule is C.C.C.C=CC#N.N#CC1CC2C=CC1O2.c1ccoc1.